The number of nitro benzene ring substituents is 1. The van der Waals surface area contributed by atoms with Crippen LogP contribution in [0.5, 0.6) is 0 Å². The first kappa shape index (κ1) is 33.9. The van der Waals surface area contributed by atoms with E-state index in [-0.39, 0.29) is 24.7 Å². The van der Waals surface area contributed by atoms with Crippen molar-refractivity contribution in [2.75, 3.05) is 22.6 Å². The van der Waals surface area contributed by atoms with E-state index >= 15 is 4.11 Å². The lowest BCUT2D eigenvalue weighted by molar-refractivity contribution is -0.385. The van der Waals surface area contributed by atoms with Gasteiger partial charge in [-0.05, 0) is 67.5 Å². The van der Waals surface area contributed by atoms with E-state index in [1.165, 1.54) is 17.0 Å². The average molecular weight is 688 g/mol. The van der Waals surface area contributed by atoms with E-state index in [1.54, 1.807) is 79.4 Å². The van der Waals surface area contributed by atoms with Crippen molar-refractivity contribution in [3.8, 4) is 0 Å². The Balaban J connectivity index is 1.32. The normalized spacial score (nSPS) is 21.7. The summed E-state index contributed by atoms with van der Waals surface area (Å²) < 4.78 is 24.6. The fraction of sp³-hybridized carbons (Fsp3) is 0.353. The van der Waals surface area contributed by atoms with Crippen molar-refractivity contribution in [3.63, 3.8) is 0 Å². The van der Waals surface area contributed by atoms with Gasteiger partial charge in [-0.25, -0.2) is 0 Å². The molecule has 2 aliphatic rings. The van der Waals surface area contributed by atoms with E-state index in [0.717, 1.165) is 0 Å². The van der Waals surface area contributed by atoms with Crippen molar-refractivity contribution < 1.29 is 28.5 Å². The number of halogens is 1. The molecule has 3 aromatic carbocycles. The molecular formula is C34H38FN7O6Si. The zero-order valence-electron chi connectivity index (χ0n) is 27.4. The van der Waals surface area contributed by atoms with Crippen molar-refractivity contribution in [2.45, 2.75) is 63.2 Å². The van der Waals surface area contributed by atoms with Gasteiger partial charge >= 0.3 is 0 Å². The first-order valence-corrected chi connectivity index (χ1v) is 19.0. The van der Waals surface area contributed by atoms with Gasteiger partial charge in [0.1, 0.15) is 0 Å². The molecule has 15 heteroatoms. The first-order valence-electron chi connectivity index (χ1n) is 16.0. The van der Waals surface area contributed by atoms with Gasteiger partial charge in [0.25, 0.3) is 17.5 Å². The summed E-state index contributed by atoms with van der Waals surface area (Å²) in [5.74, 6) is -1.40. The number of fused-ring (bicyclic) bond motifs is 2. The lowest BCUT2D eigenvalue weighted by atomic mass is 9.82. The first-order chi connectivity index (χ1) is 23.3. The summed E-state index contributed by atoms with van der Waals surface area (Å²) in [5.41, 5.74) is 6.84. The third kappa shape index (κ3) is 6.44. The Morgan fingerprint density at radius 1 is 1.18 bits per heavy atom. The van der Waals surface area contributed by atoms with Gasteiger partial charge in [-0.1, -0.05) is 24.3 Å². The van der Waals surface area contributed by atoms with E-state index < -0.39 is 42.4 Å². The zero-order chi connectivity index (χ0) is 35.1. The second kappa shape index (κ2) is 13.1. The molecule has 6 rings (SSSR count). The highest BCUT2D eigenvalue weighted by Gasteiger charge is 2.66. The molecule has 0 unspecified atom stereocenters. The number of hydrogen-bond donors (Lipinski definition) is 3. The van der Waals surface area contributed by atoms with Crippen molar-refractivity contribution in [3.05, 3.63) is 105 Å². The standard InChI is InChI=1S/C34H38FN7O6Si/c1-21-31(49(2,3)35)30(13-15-40-20-26(14-16-43)38-39-40)48-34(21)28-18-27(42(46)47)11-12-29(28)41(33(34)45)19-22-5-4-6-25(17-22)37-32(44)23-7-9-24(36)10-8-23/h4-12,17-18,20-21,30-31,43H,13-16,19,36H2,1-3H3,(H,37,44)/t21-,30+,31-,34+/m1/s1. The molecule has 4 atom stereocenters. The van der Waals surface area contributed by atoms with Crippen LogP contribution in [0, 0.1) is 16.0 Å². The van der Waals surface area contributed by atoms with Crippen molar-refractivity contribution >= 4 is 43.0 Å². The van der Waals surface area contributed by atoms with Gasteiger partial charge < -0.3 is 29.9 Å². The van der Waals surface area contributed by atoms with Crippen LogP contribution in [-0.2, 0) is 34.6 Å². The Labute approximate surface area is 283 Å². The average Bonchev–Trinajstić information content (AvgIpc) is 3.70. The van der Waals surface area contributed by atoms with Crippen LogP contribution in [0.1, 0.15) is 40.5 Å². The Kier molecular flexibility index (Phi) is 9.09. The number of nitrogens with two attached hydrogens (primary N) is 1. The number of aliphatic hydroxyl groups is 1. The van der Waals surface area contributed by atoms with Crippen molar-refractivity contribution in [1.29, 1.82) is 0 Å². The van der Waals surface area contributed by atoms with Gasteiger partial charge in [0.05, 0.1) is 29.0 Å². The number of anilines is 3. The molecule has 0 radical (unpaired) electrons. The monoisotopic (exact) mass is 687 g/mol. The highest BCUT2D eigenvalue weighted by molar-refractivity contribution is 6.72. The number of rotatable bonds is 11. The summed E-state index contributed by atoms with van der Waals surface area (Å²) in [4.78, 5) is 40.5. The summed E-state index contributed by atoms with van der Waals surface area (Å²) in [6.45, 7) is 5.32. The van der Waals surface area contributed by atoms with E-state index in [2.05, 4.69) is 15.6 Å². The topological polar surface area (TPSA) is 179 Å². The van der Waals surface area contributed by atoms with Crippen LogP contribution in [0.4, 0.5) is 26.9 Å². The minimum atomic E-state index is -3.48. The highest BCUT2D eigenvalue weighted by Crippen LogP contribution is 2.60. The number of carbonyl (C=O) groups is 2. The molecule has 0 bridgehead atoms. The van der Waals surface area contributed by atoms with Gasteiger partial charge in [-0.2, -0.15) is 0 Å². The summed E-state index contributed by atoms with van der Waals surface area (Å²) >= 11 is 0. The summed E-state index contributed by atoms with van der Waals surface area (Å²) in [6.07, 6.45) is 1.71. The molecule has 1 spiro atoms. The molecule has 49 heavy (non-hydrogen) atoms. The van der Waals surface area contributed by atoms with Crippen LogP contribution in [0.15, 0.2) is 72.9 Å². The number of aromatic nitrogens is 3. The minimum absolute atomic E-state index is 0.0686. The van der Waals surface area contributed by atoms with Gasteiger partial charge in [0, 0.05) is 71.9 Å². The smallest absolute Gasteiger partial charge is 0.269 e. The molecule has 1 saturated heterocycles. The fourth-order valence-corrected chi connectivity index (χ4v) is 9.82. The van der Waals surface area contributed by atoms with Crippen LogP contribution >= 0.6 is 0 Å². The number of amides is 2. The number of benzene rings is 3. The summed E-state index contributed by atoms with van der Waals surface area (Å²) in [7, 11) is -3.48. The minimum Gasteiger partial charge on any atom is -0.399 e. The van der Waals surface area contributed by atoms with E-state index in [9.17, 15) is 24.8 Å². The molecule has 4 aromatic rings. The van der Waals surface area contributed by atoms with Crippen LogP contribution < -0.4 is 16.0 Å². The number of non-ortho nitro benzene ring substituents is 1. The fourth-order valence-electron chi connectivity index (χ4n) is 7.28. The molecule has 1 aromatic heterocycles. The predicted octanol–water partition coefficient (Wildman–Crippen LogP) is 4.97. The number of nitro groups is 1. The van der Waals surface area contributed by atoms with Gasteiger partial charge in [-0.15, -0.1) is 5.10 Å². The number of hydrogen-bond acceptors (Lipinski definition) is 9. The molecule has 4 N–H and O–H groups in total. The zero-order valence-corrected chi connectivity index (χ0v) is 28.4. The second-order valence-corrected chi connectivity index (χ2v) is 16.9. The molecule has 2 amide bonds. The number of nitrogens with zero attached hydrogens (tertiary/aromatic N) is 5. The Morgan fingerprint density at radius 2 is 1.94 bits per heavy atom. The number of nitrogens with one attached hydrogen (secondary N) is 1. The van der Waals surface area contributed by atoms with Gasteiger partial charge in [0.2, 0.25) is 8.41 Å². The largest absolute Gasteiger partial charge is 0.399 e. The number of carbonyl (C=O) groups excluding carboxylic acids is 2. The Bertz CT molecular complexity index is 1900. The number of aryl methyl sites for hydroxylation is 1. The Hall–Kier alpha value is -4.99. The quantitative estimate of drug-likeness (QED) is 0.0646. The third-order valence-electron chi connectivity index (χ3n) is 9.45. The third-order valence-corrected chi connectivity index (χ3v) is 11.9. The maximum atomic E-state index is 16.2. The predicted molar refractivity (Wildman–Crippen MR) is 183 cm³/mol. The van der Waals surface area contributed by atoms with Crippen LogP contribution in [0.25, 0.3) is 0 Å². The number of aliphatic hydroxyl groups excluding tert-OH is 1. The van der Waals surface area contributed by atoms with Crippen molar-refractivity contribution in [2.24, 2.45) is 5.92 Å². The van der Waals surface area contributed by atoms with E-state index in [0.29, 0.717) is 58.8 Å². The molecule has 0 aliphatic carbocycles. The summed E-state index contributed by atoms with van der Waals surface area (Å²) in [5, 5.41) is 32.2. The molecule has 13 nitrogen and oxygen atoms in total. The van der Waals surface area contributed by atoms with Gasteiger partial charge in [0.15, 0.2) is 5.60 Å². The Morgan fingerprint density at radius 3 is 2.63 bits per heavy atom. The lowest BCUT2D eigenvalue weighted by Gasteiger charge is -2.31. The highest BCUT2D eigenvalue weighted by atomic mass is 28.4. The van der Waals surface area contributed by atoms with Crippen LogP contribution in [0.3, 0.4) is 0 Å². The number of ether oxygens (including phenoxy) is 1. The maximum Gasteiger partial charge on any atom is 0.269 e. The van der Waals surface area contributed by atoms with E-state index in [1.807, 2.05) is 6.07 Å². The van der Waals surface area contributed by atoms with Crippen molar-refractivity contribution in [1.82, 2.24) is 15.0 Å². The van der Waals surface area contributed by atoms with Gasteiger partial charge in [-0.3, -0.25) is 24.4 Å². The van der Waals surface area contributed by atoms with Crippen LogP contribution in [0.2, 0.25) is 18.6 Å². The molecule has 2 aliphatic heterocycles. The molecule has 1 fully saturated rings. The summed E-state index contributed by atoms with van der Waals surface area (Å²) in [6, 6.07) is 17.8. The molecule has 256 valence electrons. The SMILES string of the molecule is C[C@@H]1[C@@H]([Si](C)(C)F)[C@H](CCn2cc(CCO)nn2)O[C@@]12C(=O)N(Cc1cccc(NC(=O)c3ccc(N)cc3)c1)c1ccc([N+](=O)[O-])cc12. The lowest BCUT2D eigenvalue weighted by Crippen LogP contribution is -2.45. The van der Waals surface area contributed by atoms with Crippen LogP contribution in [-0.4, -0.2) is 58.0 Å². The van der Waals surface area contributed by atoms with E-state index in [4.69, 9.17) is 10.5 Å². The maximum absolute atomic E-state index is 16.2. The number of nitrogen functional groups attached to an aromatic ring is 1. The molecule has 0 saturated carbocycles. The molecule has 3 heterocycles. The second-order valence-electron chi connectivity index (χ2n) is 13.1. The molecular weight excluding hydrogens is 650 g/mol.